The lowest BCUT2D eigenvalue weighted by molar-refractivity contribution is -0.119. The molecule has 1 atom stereocenters. The van der Waals surface area contributed by atoms with Gasteiger partial charge >= 0.3 is 0 Å². The van der Waals surface area contributed by atoms with E-state index in [1.807, 2.05) is 0 Å². The maximum Gasteiger partial charge on any atom is 0.230 e. The Labute approximate surface area is 161 Å². The first-order valence-corrected chi connectivity index (χ1v) is 10.9. The van der Waals surface area contributed by atoms with Crippen molar-refractivity contribution in [3.63, 3.8) is 0 Å². The first kappa shape index (κ1) is 19.0. The molecule has 0 saturated heterocycles. The number of hydrogen-bond acceptors (Lipinski definition) is 2. The Morgan fingerprint density at radius 2 is 1.88 bits per heavy atom. The monoisotopic (exact) mass is 367 g/mol. The van der Waals surface area contributed by atoms with Crippen LogP contribution in [0, 0.1) is 6.92 Å². The van der Waals surface area contributed by atoms with E-state index in [0.717, 1.165) is 12.2 Å². The molecule has 0 bridgehead atoms. The number of aryl methyl sites for hydroxylation is 3. The van der Waals surface area contributed by atoms with E-state index in [9.17, 15) is 4.79 Å². The van der Waals surface area contributed by atoms with Gasteiger partial charge in [0.15, 0.2) is 0 Å². The van der Waals surface area contributed by atoms with Gasteiger partial charge in [-0.1, -0.05) is 49.4 Å². The molecule has 1 N–H and O–H groups in total. The largest absolute Gasteiger partial charge is 0.349 e. The minimum atomic E-state index is 0.119. The van der Waals surface area contributed by atoms with E-state index < -0.39 is 0 Å². The molecule has 0 saturated carbocycles. The second-order valence-electron chi connectivity index (χ2n) is 7.18. The van der Waals surface area contributed by atoms with Gasteiger partial charge in [-0.3, -0.25) is 4.79 Å². The van der Waals surface area contributed by atoms with E-state index in [1.165, 1.54) is 53.5 Å². The van der Waals surface area contributed by atoms with Crippen molar-refractivity contribution < 1.29 is 4.79 Å². The fourth-order valence-electron chi connectivity index (χ4n) is 3.65. The SMILES string of the molecule is CC[C@@H](NC(=O)CSCc1ccccc1C)c1ccc2c(c1)CCCC2. The van der Waals surface area contributed by atoms with Crippen LogP contribution in [0.5, 0.6) is 0 Å². The summed E-state index contributed by atoms with van der Waals surface area (Å²) in [5.41, 5.74) is 6.84. The number of carbonyl (C=O) groups excluding carboxylic acids is 1. The Morgan fingerprint density at radius 3 is 2.65 bits per heavy atom. The van der Waals surface area contributed by atoms with Crippen molar-refractivity contribution in [1.29, 1.82) is 0 Å². The van der Waals surface area contributed by atoms with Crippen LogP contribution in [-0.2, 0) is 23.4 Å². The number of hydrogen-bond donors (Lipinski definition) is 1. The Hall–Kier alpha value is -1.74. The fourth-order valence-corrected chi connectivity index (χ4v) is 4.57. The first-order valence-electron chi connectivity index (χ1n) is 9.70. The van der Waals surface area contributed by atoms with Crippen LogP contribution in [0.15, 0.2) is 42.5 Å². The van der Waals surface area contributed by atoms with Gasteiger partial charge in [0.25, 0.3) is 0 Å². The Kier molecular flexibility index (Phi) is 6.79. The zero-order chi connectivity index (χ0) is 18.4. The van der Waals surface area contributed by atoms with Gasteiger partial charge in [0.05, 0.1) is 11.8 Å². The first-order chi connectivity index (χ1) is 12.7. The number of carbonyl (C=O) groups is 1. The van der Waals surface area contributed by atoms with Crippen molar-refractivity contribution in [2.45, 2.75) is 57.7 Å². The van der Waals surface area contributed by atoms with Crippen molar-refractivity contribution in [2.75, 3.05) is 5.75 Å². The summed E-state index contributed by atoms with van der Waals surface area (Å²) in [7, 11) is 0. The number of benzene rings is 2. The van der Waals surface area contributed by atoms with Gasteiger partial charge in [0, 0.05) is 5.75 Å². The molecule has 0 aliphatic heterocycles. The average Bonchev–Trinajstić information content (AvgIpc) is 2.67. The summed E-state index contributed by atoms with van der Waals surface area (Å²) < 4.78 is 0. The molecular weight excluding hydrogens is 338 g/mol. The summed E-state index contributed by atoms with van der Waals surface area (Å²) in [6.07, 6.45) is 5.90. The highest BCUT2D eigenvalue weighted by atomic mass is 32.2. The van der Waals surface area contributed by atoms with Crippen molar-refractivity contribution in [1.82, 2.24) is 5.32 Å². The fraction of sp³-hybridized carbons (Fsp3) is 0.435. The quantitative estimate of drug-likeness (QED) is 0.712. The van der Waals surface area contributed by atoms with Crippen LogP contribution in [0.1, 0.15) is 60.0 Å². The summed E-state index contributed by atoms with van der Waals surface area (Å²) >= 11 is 1.69. The molecule has 1 amide bonds. The molecule has 0 unspecified atom stereocenters. The molecule has 138 valence electrons. The van der Waals surface area contributed by atoms with Crippen molar-refractivity contribution >= 4 is 17.7 Å². The van der Waals surface area contributed by atoms with Crippen LogP contribution in [0.25, 0.3) is 0 Å². The van der Waals surface area contributed by atoms with E-state index in [2.05, 4.69) is 61.6 Å². The molecule has 0 radical (unpaired) electrons. The summed E-state index contributed by atoms with van der Waals surface area (Å²) in [5, 5.41) is 3.23. The third-order valence-corrected chi connectivity index (χ3v) is 6.25. The highest BCUT2D eigenvalue weighted by Gasteiger charge is 2.16. The lowest BCUT2D eigenvalue weighted by Crippen LogP contribution is -2.29. The molecule has 26 heavy (non-hydrogen) atoms. The van der Waals surface area contributed by atoms with Crippen molar-refractivity contribution in [2.24, 2.45) is 0 Å². The maximum atomic E-state index is 12.4. The normalized spacial score (nSPS) is 14.5. The molecule has 0 aromatic heterocycles. The highest BCUT2D eigenvalue weighted by Crippen LogP contribution is 2.26. The van der Waals surface area contributed by atoms with Crippen LogP contribution < -0.4 is 5.32 Å². The zero-order valence-corrected chi connectivity index (χ0v) is 16.7. The van der Waals surface area contributed by atoms with Crippen LogP contribution in [0.3, 0.4) is 0 Å². The van der Waals surface area contributed by atoms with Crippen LogP contribution >= 0.6 is 11.8 Å². The number of thioether (sulfide) groups is 1. The lowest BCUT2D eigenvalue weighted by Gasteiger charge is -2.21. The summed E-state index contributed by atoms with van der Waals surface area (Å²) in [6, 6.07) is 15.3. The van der Waals surface area contributed by atoms with E-state index in [-0.39, 0.29) is 11.9 Å². The molecule has 2 aromatic carbocycles. The van der Waals surface area contributed by atoms with Crippen molar-refractivity contribution in [3.05, 3.63) is 70.3 Å². The number of nitrogens with one attached hydrogen (secondary N) is 1. The highest BCUT2D eigenvalue weighted by molar-refractivity contribution is 7.99. The maximum absolute atomic E-state index is 12.4. The topological polar surface area (TPSA) is 29.1 Å². The molecule has 3 rings (SSSR count). The van der Waals surface area contributed by atoms with Gasteiger partial charge in [0.2, 0.25) is 5.91 Å². The molecule has 3 heteroatoms. The van der Waals surface area contributed by atoms with Gasteiger partial charge in [-0.05, 0) is 66.8 Å². The Balaban J connectivity index is 1.54. The van der Waals surface area contributed by atoms with Gasteiger partial charge in [0.1, 0.15) is 0 Å². The molecule has 2 aromatic rings. The van der Waals surface area contributed by atoms with Gasteiger partial charge in [-0.15, -0.1) is 11.8 Å². The molecule has 1 aliphatic carbocycles. The second kappa shape index (κ2) is 9.27. The summed E-state index contributed by atoms with van der Waals surface area (Å²) in [4.78, 5) is 12.4. The minimum Gasteiger partial charge on any atom is -0.349 e. The van der Waals surface area contributed by atoms with Crippen LogP contribution in [-0.4, -0.2) is 11.7 Å². The smallest absolute Gasteiger partial charge is 0.230 e. The van der Waals surface area contributed by atoms with Crippen molar-refractivity contribution in [3.8, 4) is 0 Å². The second-order valence-corrected chi connectivity index (χ2v) is 8.17. The molecule has 1 aliphatic rings. The molecule has 0 spiro atoms. The van der Waals surface area contributed by atoms with Crippen LogP contribution in [0.4, 0.5) is 0 Å². The standard InChI is InChI=1S/C23H29NOS/c1-3-22(20-13-12-18-9-6-7-10-19(18)14-20)24-23(25)16-26-15-21-11-5-4-8-17(21)2/h4-5,8,11-14,22H,3,6-7,9-10,15-16H2,1-2H3,(H,24,25)/t22-/m1/s1. The van der Waals surface area contributed by atoms with E-state index in [0.29, 0.717) is 5.75 Å². The number of fused-ring (bicyclic) bond motifs is 1. The third kappa shape index (κ3) is 4.91. The summed E-state index contributed by atoms with van der Waals surface area (Å²) in [5.74, 6) is 1.53. The average molecular weight is 368 g/mol. The lowest BCUT2D eigenvalue weighted by atomic mass is 9.89. The van der Waals surface area contributed by atoms with E-state index in [1.54, 1.807) is 11.8 Å². The minimum absolute atomic E-state index is 0.119. The molecule has 2 nitrogen and oxygen atoms in total. The van der Waals surface area contributed by atoms with E-state index in [4.69, 9.17) is 0 Å². The number of amides is 1. The van der Waals surface area contributed by atoms with Gasteiger partial charge in [-0.25, -0.2) is 0 Å². The Bertz CT molecular complexity index is 756. The Morgan fingerprint density at radius 1 is 1.12 bits per heavy atom. The van der Waals surface area contributed by atoms with Crippen LogP contribution in [0.2, 0.25) is 0 Å². The molecular formula is C23H29NOS. The molecule has 0 heterocycles. The zero-order valence-electron chi connectivity index (χ0n) is 15.9. The van der Waals surface area contributed by atoms with Gasteiger partial charge < -0.3 is 5.32 Å². The summed E-state index contributed by atoms with van der Waals surface area (Å²) in [6.45, 7) is 4.27. The van der Waals surface area contributed by atoms with E-state index >= 15 is 0 Å². The predicted molar refractivity (Wildman–Crippen MR) is 112 cm³/mol. The third-order valence-electron chi connectivity index (χ3n) is 5.27. The van der Waals surface area contributed by atoms with Gasteiger partial charge in [-0.2, -0.15) is 0 Å². The number of rotatable bonds is 7. The predicted octanol–water partition coefficient (Wildman–Crippen LogP) is 5.37. The molecule has 0 fully saturated rings.